The summed E-state index contributed by atoms with van der Waals surface area (Å²) in [4.78, 5) is 11.9. The summed E-state index contributed by atoms with van der Waals surface area (Å²) in [5, 5.41) is 0. The molecule has 0 spiro atoms. The SMILES string of the molecule is C=C(N)C1CCN(c2ncccc2C2=NC(c3cccc(C)c3)=C2C)CC1. The van der Waals surface area contributed by atoms with E-state index in [0.717, 1.165) is 54.4 Å². The maximum absolute atomic E-state index is 5.91. The lowest BCUT2D eigenvalue weighted by molar-refractivity contribution is 0.454. The third-order valence-electron chi connectivity index (χ3n) is 5.59. The summed E-state index contributed by atoms with van der Waals surface area (Å²) < 4.78 is 0. The topological polar surface area (TPSA) is 54.5 Å². The first-order valence-corrected chi connectivity index (χ1v) is 9.56. The van der Waals surface area contributed by atoms with Gasteiger partial charge in [-0.15, -0.1) is 0 Å². The van der Waals surface area contributed by atoms with E-state index in [1.165, 1.54) is 16.7 Å². The molecule has 27 heavy (non-hydrogen) atoms. The molecule has 2 aliphatic heterocycles. The summed E-state index contributed by atoms with van der Waals surface area (Å²) in [6, 6.07) is 12.6. The third kappa shape index (κ3) is 3.27. The molecule has 2 aliphatic rings. The molecule has 0 radical (unpaired) electrons. The summed E-state index contributed by atoms with van der Waals surface area (Å²) in [5.41, 5.74) is 13.6. The van der Waals surface area contributed by atoms with E-state index < -0.39 is 0 Å². The fourth-order valence-corrected chi connectivity index (χ4v) is 3.97. The Morgan fingerprint density at radius 2 is 1.93 bits per heavy atom. The zero-order valence-corrected chi connectivity index (χ0v) is 16.1. The van der Waals surface area contributed by atoms with Crippen LogP contribution in [0.1, 0.15) is 36.5 Å². The fourth-order valence-electron chi connectivity index (χ4n) is 3.97. The number of pyridine rings is 1. The van der Waals surface area contributed by atoms with Gasteiger partial charge in [0.1, 0.15) is 5.82 Å². The molecule has 0 aliphatic carbocycles. The van der Waals surface area contributed by atoms with Crippen LogP contribution in [0.2, 0.25) is 0 Å². The maximum Gasteiger partial charge on any atom is 0.137 e. The molecular formula is C23H26N4. The van der Waals surface area contributed by atoms with Crippen LogP contribution >= 0.6 is 0 Å². The molecule has 0 amide bonds. The second kappa shape index (κ2) is 7.03. The summed E-state index contributed by atoms with van der Waals surface area (Å²) in [6.45, 7) is 10.1. The van der Waals surface area contributed by atoms with Crippen molar-refractivity contribution in [1.82, 2.24) is 4.98 Å². The molecule has 4 nitrogen and oxygen atoms in total. The number of piperidine rings is 1. The Morgan fingerprint density at radius 3 is 2.59 bits per heavy atom. The van der Waals surface area contributed by atoms with Crippen LogP contribution in [-0.2, 0) is 0 Å². The van der Waals surface area contributed by atoms with Crippen LogP contribution in [0, 0.1) is 12.8 Å². The van der Waals surface area contributed by atoms with Gasteiger partial charge in [-0.05, 0) is 44.9 Å². The third-order valence-corrected chi connectivity index (χ3v) is 5.59. The van der Waals surface area contributed by atoms with Crippen molar-refractivity contribution in [2.75, 3.05) is 18.0 Å². The number of benzene rings is 1. The highest BCUT2D eigenvalue weighted by molar-refractivity contribution is 6.25. The van der Waals surface area contributed by atoms with Gasteiger partial charge in [0.2, 0.25) is 0 Å². The number of hydrogen-bond donors (Lipinski definition) is 1. The van der Waals surface area contributed by atoms with Crippen LogP contribution in [0.15, 0.2) is 65.4 Å². The molecule has 138 valence electrons. The molecule has 1 aromatic heterocycles. The number of hydrogen-bond acceptors (Lipinski definition) is 4. The molecular weight excluding hydrogens is 332 g/mol. The standard InChI is InChI=1S/C23H26N4/c1-15-6-4-7-19(14-15)21-16(2)22(26-21)20-8-5-11-25-23(20)27-12-9-18(10-13-27)17(3)24/h4-8,11,14,18H,3,9-10,12-13,24H2,1-2H3. The Labute approximate surface area is 161 Å². The van der Waals surface area contributed by atoms with E-state index in [-0.39, 0.29) is 0 Å². The molecule has 4 rings (SSSR count). The van der Waals surface area contributed by atoms with Gasteiger partial charge in [0.05, 0.1) is 11.4 Å². The Morgan fingerprint density at radius 1 is 1.15 bits per heavy atom. The minimum Gasteiger partial charge on any atom is -0.402 e. The zero-order valence-electron chi connectivity index (χ0n) is 16.1. The van der Waals surface area contributed by atoms with Gasteiger partial charge in [0.25, 0.3) is 0 Å². The van der Waals surface area contributed by atoms with Crippen molar-refractivity contribution in [3.05, 3.63) is 77.1 Å². The van der Waals surface area contributed by atoms with Gasteiger partial charge >= 0.3 is 0 Å². The minimum absolute atomic E-state index is 0.420. The van der Waals surface area contributed by atoms with Gasteiger partial charge in [0, 0.05) is 47.6 Å². The van der Waals surface area contributed by atoms with Gasteiger partial charge in [-0.1, -0.05) is 30.3 Å². The Balaban J connectivity index is 1.58. The summed E-state index contributed by atoms with van der Waals surface area (Å²) in [5.74, 6) is 1.45. The van der Waals surface area contributed by atoms with Gasteiger partial charge in [-0.3, -0.25) is 0 Å². The lowest BCUT2D eigenvalue weighted by atomic mass is 9.91. The van der Waals surface area contributed by atoms with E-state index in [0.29, 0.717) is 5.92 Å². The lowest BCUT2D eigenvalue weighted by Gasteiger charge is -2.34. The summed E-state index contributed by atoms with van der Waals surface area (Å²) >= 11 is 0. The highest BCUT2D eigenvalue weighted by atomic mass is 15.2. The van der Waals surface area contributed by atoms with Gasteiger partial charge in [-0.25, -0.2) is 9.98 Å². The van der Waals surface area contributed by atoms with Crippen LogP contribution in [0.4, 0.5) is 5.82 Å². The molecule has 2 N–H and O–H groups in total. The van der Waals surface area contributed by atoms with Crippen molar-refractivity contribution in [3.63, 3.8) is 0 Å². The molecule has 0 unspecified atom stereocenters. The van der Waals surface area contributed by atoms with E-state index >= 15 is 0 Å². The fraction of sp³-hybridized carbons (Fsp3) is 0.304. The van der Waals surface area contributed by atoms with E-state index in [1.807, 2.05) is 12.3 Å². The van der Waals surface area contributed by atoms with Crippen LogP contribution in [0.5, 0.6) is 0 Å². The van der Waals surface area contributed by atoms with Crippen molar-refractivity contribution >= 4 is 17.2 Å². The molecule has 3 heterocycles. The summed E-state index contributed by atoms with van der Waals surface area (Å²) in [7, 11) is 0. The van der Waals surface area contributed by atoms with Crippen molar-refractivity contribution in [3.8, 4) is 0 Å². The molecule has 2 aromatic rings. The maximum atomic E-state index is 5.91. The monoisotopic (exact) mass is 358 g/mol. The average molecular weight is 358 g/mol. The van der Waals surface area contributed by atoms with E-state index in [4.69, 9.17) is 15.7 Å². The normalized spacial score (nSPS) is 17.6. The van der Waals surface area contributed by atoms with Crippen LogP contribution < -0.4 is 10.6 Å². The van der Waals surface area contributed by atoms with Crippen LogP contribution in [0.3, 0.4) is 0 Å². The quantitative estimate of drug-likeness (QED) is 0.886. The van der Waals surface area contributed by atoms with Gasteiger partial charge in [0.15, 0.2) is 0 Å². The van der Waals surface area contributed by atoms with Crippen LogP contribution in [-0.4, -0.2) is 23.8 Å². The molecule has 4 heteroatoms. The first-order valence-electron chi connectivity index (χ1n) is 9.56. The number of rotatable bonds is 4. The number of anilines is 1. The predicted molar refractivity (Wildman–Crippen MR) is 113 cm³/mol. The van der Waals surface area contributed by atoms with Gasteiger partial charge in [-0.2, -0.15) is 0 Å². The molecule has 0 atom stereocenters. The minimum atomic E-state index is 0.420. The van der Waals surface area contributed by atoms with Gasteiger partial charge < -0.3 is 10.6 Å². The Hall–Kier alpha value is -2.88. The van der Waals surface area contributed by atoms with Crippen molar-refractivity contribution < 1.29 is 0 Å². The first kappa shape index (κ1) is 17.5. The Bertz CT molecular complexity index is 946. The average Bonchev–Trinajstić information content (AvgIpc) is 2.67. The van der Waals surface area contributed by atoms with Crippen molar-refractivity contribution in [2.45, 2.75) is 26.7 Å². The molecule has 0 saturated carbocycles. The number of nitrogens with two attached hydrogens (primary N) is 1. The first-order chi connectivity index (χ1) is 13.0. The van der Waals surface area contributed by atoms with Crippen molar-refractivity contribution in [2.24, 2.45) is 16.6 Å². The highest BCUT2D eigenvalue weighted by Gasteiger charge is 2.28. The summed E-state index contributed by atoms with van der Waals surface area (Å²) in [6.07, 6.45) is 3.93. The lowest BCUT2D eigenvalue weighted by Crippen LogP contribution is -2.37. The van der Waals surface area contributed by atoms with E-state index in [1.54, 1.807) is 0 Å². The number of aliphatic imine (C=N–C) groups is 1. The van der Waals surface area contributed by atoms with E-state index in [2.05, 4.69) is 55.7 Å². The number of nitrogens with zero attached hydrogens (tertiary/aromatic N) is 3. The molecule has 1 aromatic carbocycles. The second-order valence-electron chi connectivity index (χ2n) is 7.51. The molecule has 0 bridgehead atoms. The van der Waals surface area contributed by atoms with Crippen LogP contribution in [0.25, 0.3) is 5.70 Å². The number of aryl methyl sites for hydroxylation is 1. The number of allylic oxidation sites excluding steroid dienone is 2. The highest BCUT2D eigenvalue weighted by Crippen LogP contribution is 2.36. The largest absolute Gasteiger partial charge is 0.402 e. The van der Waals surface area contributed by atoms with E-state index in [9.17, 15) is 0 Å². The molecule has 1 fully saturated rings. The second-order valence-corrected chi connectivity index (χ2v) is 7.51. The number of aromatic nitrogens is 1. The predicted octanol–water partition coefficient (Wildman–Crippen LogP) is 4.31. The zero-order chi connectivity index (χ0) is 19.0. The molecule has 1 saturated heterocycles. The Kier molecular flexibility index (Phi) is 4.56. The van der Waals surface area contributed by atoms with Crippen molar-refractivity contribution in [1.29, 1.82) is 0 Å². The smallest absolute Gasteiger partial charge is 0.137 e.